The predicted molar refractivity (Wildman–Crippen MR) is 129 cm³/mol. The fraction of sp³-hybridized carbons (Fsp3) is 0.318. The van der Waals surface area contributed by atoms with Gasteiger partial charge in [-0.2, -0.15) is 15.3 Å². The van der Waals surface area contributed by atoms with Gasteiger partial charge in [-0.3, -0.25) is 28.4 Å². The third-order valence-electron chi connectivity index (χ3n) is 4.39. The molecule has 3 heterocycles. The Morgan fingerprint density at radius 3 is 1.36 bits per heavy atom. The van der Waals surface area contributed by atoms with Crippen LogP contribution in [0.4, 0.5) is 0 Å². The van der Waals surface area contributed by atoms with Gasteiger partial charge in [0, 0.05) is 54.4 Å². The number of carbonyl (C=O) groups excluding carboxylic acids is 5. The molecular formula is C22H27N8NaO10Ti. The molecule has 0 spiro atoms. The number of rotatable bonds is 9. The van der Waals surface area contributed by atoms with E-state index in [4.69, 9.17) is 5.11 Å². The average molecular weight is 634 g/mol. The van der Waals surface area contributed by atoms with Crippen molar-refractivity contribution in [2.45, 2.75) is 19.6 Å². The van der Waals surface area contributed by atoms with E-state index >= 15 is 0 Å². The quantitative estimate of drug-likeness (QED) is 0.147. The van der Waals surface area contributed by atoms with E-state index in [-0.39, 0.29) is 99.8 Å². The van der Waals surface area contributed by atoms with Gasteiger partial charge < -0.3 is 35.1 Å². The molecule has 220 valence electrons. The van der Waals surface area contributed by atoms with E-state index in [2.05, 4.69) is 35.4 Å². The minimum absolute atomic E-state index is 0. The van der Waals surface area contributed by atoms with Crippen molar-refractivity contribution in [3.05, 3.63) is 53.9 Å². The topological polar surface area (TPSA) is 242 Å². The number of aliphatic carboxylic acids is 1. The summed E-state index contributed by atoms with van der Waals surface area (Å²) < 4.78 is 12.6. The van der Waals surface area contributed by atoms with Crippen LogP contribution in [0.25, 0.3) is 0 Å². The van der Waals surface area contributed by atoms with Crippen molar-refractivity contribution in [3.8, 4) is 0 Å². The molecule has 20 heteroatoms. The summed E-state index contributed by atoms with van der Waals surface area (Å²) in [7, 11) is 5.54. The number of aromatic carboxylic acids is 1. The van der Waals surface area contributed by atoms with Gasteiger partial charge in [-0.05, 0) is 18.2 Å². The Morgan fingerprint density at radius 2 is 1.07 bits per heavy atom. The Labute approximate surface area is 275 Å². The number of carboxylic acids is 2. The monoisotopic (exact) mass is 634 g/mol. The third kappa shape index (κ3) is 14.7. The molecule has 0 saturated heterocycles. The fourth-order valence-electron chi connectivity index (χ4n) is 2.48. The molecule has 2 amide bonds. The summed E-state index contributed by atoms with van der Waals surface area (Å²) in [5, 5.41) is 34.6. The minimum Gasteiger partial charge on any atom is -0.543 e. The summed E-state index contributed by atoms with van der Waals surface area (Å²) in [6, 6.07) is 4.17. The van der Waals surface area contributed by atoms with Crippen molar-refractivity contribution in [1.29, 1.82) is 0 Å². The summed E-state index contributed by atoms with van der Waals surface area (Å²) in [4.78, 5) is 64.1. The van der Waals surface area contributed by atoms with Crippen LogP contribution in [0.1, 0.15) is 31.5 Å². The Bertz CT molecular complexity index is 1340. The number of amides is 2. The minimum atomic E-state index is -1.35. The maximum absolute atomic E-state index is 11.0. The largest absolute Gasteiger partial charge is 1.00 e. The second kappa shape index (κ2) is 21.0. The first-order valence-corrected chi connectivity index (χ1v) is 11.0. The zero-order valence-electron chi connectivity index (χ0n) is 23.4. The number of carboxylic acid groups (broad SMARTS) is 2. The van der Waals surface area contributed by atoms with Crippen LogP contribution in [-0.4, -0.2) is 98.5 Å². The van der Waals surface area contributed by atoms with Crippen LogP contribution in [0.2, 0.25) is 0 Å². The second-order valence-electron chi connectivity index (χ2n) is 7.21. The first-order valence-electron chi connectivity index (χ1n) is 11.0. The van der Waals surface area contributed by atoms with E-state index in [1.54, 1.807) is 6.20 Å². The van der Waals surface area contributed by atoms with Gasteiger partial charge in [0.15, 0.2) is 11.4 Å². The number of nitrogens with zero attached hydrogens (tertiary/aromatic N) is 6. The van der Waals surface area contributed by atoms with Crippen LogP contribution in [-0.2, 0) is 65.2 Å². The smallest absolute Gasteiger partial charge is 0.543 e. The summed E-state index contributed by atoms with van der Waals surface area (Å²) >= 11 is 0. The average Bonchev–Trinajstić information content (AvgIpc) is 3.70. The van der Waals surface area contributed by atoms with Gasteiger partial charge in [-0.25, -0.2) is 9.59 Å². The van der Waals surface area contributed by atoms with Crippen molar-refractivity contribution in [3.63, 3.8) is 0 Å². The standard InChI is InChI=1S/C8H11N3O3.C7H9N3O3.C7H8N2O4.Na.Ti/c1-9-7(12)5-11-4-3-6(10-11)8(13)14-2;1-8-6(11)4-10-3-2-5(9-10)7(12)13;1-13-7(12)5-2-3-9(8-5)4-6(10)11;;/h3-4H,5H2,1-2H3,(H,9,12);2-3H,4H2,1H3,(H,8,11)(H,12,13);2-3H,4H2,1H3,(H,10,11);;/q;;;+1;/p-1. The number of methoxy groups -OCH3 is 2. The van der Waals surface area contributed by atoms with Crippen LogP contribution in [0.5, 0.6) is 0 Å². The van der Waals surface area contributed by atoms with Crippen LogP contribution in [0, 0.1) is 0 Å². The molecule has 0 radical (unpaired) electrons. The van der Waals surface area contributed by atoms with Gasteiger partial charge in [0.25, 0.3) is 0 Å². The van der Waals surface area contributed by atoms with E-state index in [1.165, 1.54) is 68.3 Å². The summed E-state index contributed by atoms with van der Waals surface area (Å²) in [5.41, 5.74) is 0.115. The second-order valence-corrected chi connectivity index (χ2v) is 7.21. The van der Waals surface area contributed by atoms with Crippen molar-refractivity contribution in [1.82, 2.24) is 40.0 Å². The number of ether oxygens (including phenoxy) is 2. The maximum atomic E-state index is 11.0. The summed E-state index contributed by atoms with van der Waals surface area (Å²) in [5.74, 6) is -3.88. The van der Waals surface area contributed by atoms with Crippen LogP contribution >= 0.6 is 0 Å². The van der Waals surface area contributed by atoms with E-state index in [0.29, 0.717) is 0 Å². The van der Waals surface area contributed by atoms with Gasteiger partial charge in [0.05, 0.1) is 20.2 Å². The number of aromatic nitrogens is 6. The van der Waals surface area contributed by atoms with E-state index < -0.39 is 23.9 Å². The number of likely N-dealkylation sites (N-methyl/N-ethyl adjacent to an activating group) is 2. The van der Waals surface area contributed by atoms with E-state index in [9.17, 15) is 33.9 Å². The van der Waals surface area contributed by atoms with Gasteiger partial charge in [-0.15, -0.1) is 0 Å². The Kier molecular flexibility index (Phi) is 20.1. The fourth-order valence-corrected chi connectivity index (χ4v) is 2.48. The molecule has 0 aliphatic heterocycles. The first-order chi connectivity index (χ1) is 18.9. The Hall–Kier alpha value is -3.84. The molecule has 0 aliphatic carbocycles. The molecule has 3 rings (SSSR count). The zero-order valence-corrected chi connectivity index (χ0v) is 27.0. The predicted octanol–water partition coefficient (Wildman–Crippen LogP) is -5.84. The maximum Gasteiger partial charge on any atom is 1.00 e. The van der Waals surface area contributed by atoms with Gasteiger partial charge >= 0.3 is 47.5 Å². The number of hydrogen-bond acceptors (Lipinski definition) is 12. The Morgan fingerprint density at radius 1 is 0.738 bits per heavy atom. The molecule has 0 fully saturated rings. The normalized spacial score (nSPS) is 9.14. The molecule has 0 aromatic carbocycles. The summed E-state index contributed by atoms with van der Waals surface area (Å²) in [6.45, 7) is -0.172. The van der Waals surface area contributed by atoms with Crippen LogP contribution in [0.3, 0.4) is 0 Å². The molecule has 0 saturated carbocycles. The first kappa shape index (κ1) is 40.3. The van der Waals surface area contributed by atoms with Crippen molar-refractivity contribution < 1.29 is 99.7 Å². The molecule has 0 aliphatic rings. The van der Waals surface area contributed by atoms with Crippen molar-refractivity contribution >= 4 is 35.7 Å². The van der Waals surface area contributed by atoms with E-state index in [0.717, 1.165) is 4.68 Å². The molecule has 3 aromatic rings. The van der Waals surface area contributed by atoms with Crippen molar-refractivity contribution in [2.75, 3.05) is 28.3 Å². The molecule has 18 nitrogen and oxygen atoms in total. The van der Waals surface area contributed by atoms with Gasteiger partial charge in [0.1, 0.15) is 25.3 Å². The van der Waals surface area contributed by atoms with Gasteiger partial charge in [0.2, 0.25) is 11.8 Å². The van der Waals surface area contributed by atoms with Crippen molar-refractivity contribution in [2.24, 2.45) is 0 Å². The number of esters is 2. The number of hydrogen-bond donors (Lipinski definition) is 3. The Balaban J connectivity index is 0. The molecular weight excluding hydrogens is 607 g/mol. The molecule has 3 aromatic heterocycles. The zero-order chi connectivity index (χ0) is 30.2. The van der Waals surface area contributed by atoms with Gasteiger partial charge in [-0.1, -0.05) is 0 Å². The SMILES string of the molecule is CNC(=O)Cn1ccc(C(=O)OC)n1.CNC(=O)Cn1ccc(C(=O)[O-])n1.COC(=O)c1ccn(CC(=O)O)n1.[Na+].[Ti]. The van der Waals surface area contributed by atoms with Crippen LogP contribution < -0.4 is 45.3 Å². The molecule has 0 atom stereocenters. The van der Waals surface area contributed by atoms with Crippen LogP contribution in [0.15, 0.2) is 36.8 Å². The summed E-state index contributed by atoms with van der Waals surface area (Å²) in [6.07, 6.45) is 4.35. The molecule has 0 unspecified atom stereocenters. The molecule has 3 N–H and O–H groups in total. The third-order valence-corrected chi connectivity index (χ3v) is 4.39. The number of nitrogens with one attached hydrogen (secondary N) is 2. The molecule has 42 heavy (non-hydrogen) atoms. The number of carbonyl (C=O) groups is 6. The van der Waals surface area contributed by atoms with E-state index in [1.807, 2.05) is 0 Å². The molecule has 0 bridgehead atoms.